The second kappa shape index (κ2) is 9.49. The number of anilines is 1. The van der Waals surface area contributed by atoms with Gasteiger partial charge in [0.2, 0.25) is 5.91 Å². The van der Waals surface area contributed by atoms with Crippen LogP contribution in [0.4, 0.5) is 5.69 Å². The summed E-state index contributed by atoms with van der Waals surface area (Å²) in [6.07, 6.45) is 2.66. The number of hydrogen-bond donors (Lipinski definition) is 1. The third-order valence-corrected chi connectivity index (χ3v) is 5.66. The molecule has 1 atom stereocenters. The SMILES string of the molecule is CCN1CCN(CC(=O)Nc2ccc(CN3CCCC(C)C3)cc2)CC1. The lowest BCUT2D eigenvalue weighted by atomic mass is 10.00. The van der Waals surface area contributed by atoms with Crippen molar-refractivity contribution in [2.75, 3.05) is 57.7 Å². The van der Waals surface area contributed by atoms with Crippen LogP contribution in [0.2, 0.25) is 0 Å². The number of nitrogens with zero attached hydrogens (tertiary/aromatic N) is 3. The van der Waals surface area contributed by atoms with Gasteiger partial charge in [0.25, 0.3) is 0 Å². The van der Waals surface area contributed by atoms with E-state index in [1.54, 1.807) is 0 Å². The van der Waals surface area contributed by atoms with Crippen molar-refractivity contribution in [3.05, 3.63) is 29.8 Å². The Morgan fingerprint density at radius 1 is 1.04 bits per heavy atom. The Hall–Kier alpha value is -1.43. The highest BCUT2D eigenvalue weighted by Gasteiger charge is 2.18. The van der Waals surface area contributed by atoms with Crippen molar-refractivity contribution in [2.45, 2.75) is 33.2 Å². The summed E-state index contributed by atoms with van der Waals surface area (Å²) >= 11 is 0. The molecule has 2 fully saturated rings. The monoisotopic (exact) mass is 358 g/mol. The van der Waals surface area contributed by atoms with Gasteiger partial charge in [0.1, 0.15) is 0 Å². The van der Waals surface area contributed by atoms with E-state index in [9.17, 15) is 4.79 Å². The van der Waals surface area contributed by atoms with Crippen LogP contribution < -0.4 is 5.32 Å². The third-order valence-electron chi connectivity index (χ3n) is 5.66. The molecule has 0 bridgehead atoms. The quantitative estimate of drug-likeness (QED) is 0.848. The zero-order valence-corrected chi connectivity index (χ0v) is 16.4. The van der Waals surface area contributed by atoms with E-state index in [1.165, 1.54) is 31.5 Å². The maximum absolute atomic E-state index is 12.3. The first-order chi connectivity index (χ1) is 12.6. The summed E-state index contributed by atoms with van der Waals surface area (Å²) in [7, 11) is 0. The molecular weight excluding hydrogens is 324 g/mol. The van der Waals surface area contributed by atoms with E-state index in [2.05, 4.69) is 46.0 Å². The fourth-order valence-electron chi connectivity index (χ4n) is 4.05. The van der Waals surface area contributed by atoms with Gasteiger partial charge in [-0.3, -0.25) is 14.6 Å². The van der Waals surface area contributed by atoms with Crippen LogP contribution in [0, 0.1) is 5.92 Å². The fraction of sp³-hybridized carbons (Fsp3) is 0.667. The molecule has 144 valence electrons. The minimum Gasteiger partial charge on any atom is -0.325 e. The molecule has 1 unspecified atom stereocenters. The molecule has 0 saturated carbocycles. The first-order valence-corrected chi connectivity index (χ1v) is 10.2. The first-order valence-electron chi connectivity index (χ1n) is 10.2. The van der Waals surface area contributed by atoms with E-state index < -0.39 is 0 Å². The highest BCUT2D eigenvalue weighted by atomic mass is 16.2. The summed E-state index contributed by atoms with van der Waals surface area (Å²) in [5.41, 5.74) is 2.23. The van der Waals surface area contributed by atoms with Gasteiger partial charge >= 0.3 is 0 Å². The van der Waals surface area contributed by atoms with Gasteiger partial charge in [-0.15, -0.1) is 0 Å². The number of nitrogens with one attached hydrogen (secondary N) is 1. The highest BCUT2D eigenvalue weighted by molar-refractivity contribution is 5.92. The number of benzene rings is 1. The molecule has 2 aliphatic heterocycles. The van der Waals surface area contributed by atoms with Gasteiger partial charge in [-0.2, -0.15) is 0 Å². The predicted molar refractivity (Wildman–Crippen MR) is 107 cm³/mol. The minimum absolute atomic E-state index is 0.0903. The number of carbonyl (C=O) groups excluding carboxylic acids is 1. The second-order valence-corrected chi connectivity index (χ2v) is 7.94. The lowest BCUT2D eigenvalue weighted by Crippen LogP contribution is -2.48. The van der Waals surface area contributed by atoms with E-state index >= 15 is 0 Å². The molecule has 2 saturated heterocycles. The van der Waals surface area contributed by atoms with Crippen LogP contribution >= 0.6 is 0 Å². The maximum Gasteiger partial charge on any atom is 0.238 e. The van der Waals surface area contributed by atoms with E-state index in [-0.39, 0.29) is 5.91 Å². The largest absolute Gasteiger partial charge is 0.325 e. The third kappa shape index (κ3) is 5.79. The van der Waals surface area contributed by atoms with Crippen molar-refractivity contribution in [1.29, 1.82) is 0 Å². The highest BCUT2D eigenvalue weighted by Crippen LogP contribution is 2.18. The Kier molecular flexibility index (Phi) is 7.06. The lowest BCUT2D eigenvalue weighted by molar-refractivity contribution is -0.117. The average molecular weight is 359 g/mol. The molecule has 5 heteroatoms. The summed E-state index contributed by atoms with van der Waals surface area (Å²) in [4.78, 5) is 19.5. The number of hydrogen-bond acceptors (Lipinski definition) is 4. The van der Waals surface area contributed by atoms with Crippen LogP contribution in [0.15, 0.2) is 24.3 Å². The number of piperidine rings is 1. The second-order valence-electron chi connectivity index (χ2n) is 7.94. The van der Waals surface area contributed by atoms with E-state index in [1.807, 2.05) is 12.1 Å². The molecule has 0 spiro atoms. The van der Waals surface area contributed by atoms with Gasteiger partial charge in [-0.25, -0.2) is 0 Å². The van der Waals surface area contributed by atoms with Gasteiger partial charge in [0, 0.05) is 45.0 Å². The molecule has 26 heavy (non-hydrogen) atoms. The fourth-order valence-corrected chi connectivity index (χ4v) is 4.05. The maximum atomic E-state index is 12.3. The van der Waals surface area contributed by atoms with Gasteiger partial charge in [-0.05, 0) is 49.5 Å². The number of likely N-dealkylation sites (tertiary alicyclic amines) is 1. The van der Waals surface area contributed by atoms with Crippen LogP contribution in [0.5, 0.6) is 0 Å². The lowest BCUT2D eigenvalue weighted by Gasteiger charge is -2.33. The van der Waals surface area contributed by atoms with Gasteiger partial charge in [0.15, 0.2) is 0 Å². The molecule has 3 rings (SSSR count). The Morgan fingerprint density at radius 2 is 1.73 bits per heavy atom. The number of amides is 1. The van der Waals surface area contributed by atoms with Crippen molar-refractivity contribution >= 4 is 11.6 Å². The summed E-state index contributed by atoms with van der Waals surface area (Å²) in [6.45, 7) is 13.6. The molecule has 1 amide bonds. The van der Waals surface area contributed by atoms with Crippen molar-refractivity contribution in [1.82, 2.24) is 14.7 Å². The van der Waals surface area contributed by atoms with Crippen molar-refractivity contribution < 1.29 is 4.79 Å². The number of piperazine rings is 1. The first kappa shape index (κ1) is 19.3. The number of carbonyl (C=O) groups is 1. The predicted octanol–water partition coefficient (Wildman–Crippen LogP) is 2.49. The van der Waals surface area contributed by atoms with E-state index in [0.717, 1.165) is 50.9 Å². The molecule has 0 aliphatic carbocycles. The van der Waals surface area contributed by atoms with Crippen LogP contribution in [0.25, 0.3) is 0 Å². The van der Waals surface area contributed by atoms with Crippen LogP contribution in [0.1, 0.15) is 32.3 Å². The molecule has 2 aliphatic rings. The molecule has 2 heterocycles. The standard InChI is InChI=1S/C21H34N4O/c1-3-23-11-13-24(14-12-23)17-21(26)22-20-8-6-19(7-9-20)16-25-10-4-5-18(2)15-25/h6-9,18H,3-5,10-17H2,1-2H3,(H,22,26). The average Bonchev–Trinajstić information content (AvgIpc) is 2.64. The number of rotatable bonds is 6. The summed E-state index contributed by atoms with van der Waals surface area (Å²) in [5.74, 6) is 0.897. The van der Waals surface area contributed by atoms with Crippen molar-refractivity contribution in [2.24, 2.45) is 5.92 Å². The van der Waals surface area contributed by atoms with Crippen LogP contribution in [0.3, 0.4) is 0 Å². The molecular formula is C21H34N4O. The Balaban J connectivity index is 1.43. The zero-order valence-electron chi connectivity index (χ0n) is 16.4. The van der Waals surface area contributed by atoms with Gasteiger partial charge in [0.05, 0.1) is 6.54 Å². The molecule has 1 N–H and O–H groups in total. The molecule has 5 nitrogen and oxygen atoms in total. The van der Waals surface area contributed by atoms with E-state index in [4.69, 9.17) is 0 Å². The minimum atomic E-state index is 0.0903. The van der Waals surface area contributed by atoms with Crippen LogP contribution in [-0.4, -0.2) is 73.0 Å². The zero-order chi connectivity index (χ0) is 18.4. The number of likely N-dealkylation sites (N-methyl/N-ethyl adjacent to an activating group) is 1. The summed E-state index contributed by atoms with van der Waals surface area (Å²) in [5, 5.41) is 3.04. The molecule has 0 aromatic heterocycles. The smallest absolute Gasteiger partial charge is 0.238 e. The Labute approximate surface area is 158 Å². The molecule has 1 aromatic rings. The van der Waals surface area contributed by atoms with Gasteiger partial charge in [-0.1, -0.05) is 26.0 Å². The summed E-state index contributed by atoms with van der Waals surface area (Å²) < 4.78 is 0. The van der Waals surface area contributed by atoms with Crippen LogP contribution in [-0.2, 0) is 11.3 Å². The normalized spacial score (nSPS) is 23.1. The van der Waals surface area contributed by atoms with Crippen molar-refractivity contribution in [3.63, 3.8) is 0 Å². The Morgan fingerprint density at radius 3 is 2.38 bits per heavy atom. The van der Waals surface area contributed by atoms with Gasteiger partial charge < -0.3 is 10.2 Å². The summed E-state index contributed by atoms with van der Waals surface area (Å²) in [6, 6.07) is 8.37. The van der Waals surface area contributed by atoms with E-state index in [0.29, 0.717) is 6.54 Å². The molecule has 0 radical (unpaired) electrons. The Bertz CT molecular complexity index is 566. The van der Waals surface area contributed by atoms with Crippen molar-refractivity contribution in [3.8, 4) is 0 Å². The topological polar surface area (TPSA) is 38.8 Å². The molecule has 1 aromatic carbocycles.